The van der Waals surface area contributed by atoms with E-state index < -0.39 is 0 Å². The van der Waals surface area contributed by atoms with Crippen LogP contribution in [0.1, 0.15) is 22.7 Å². The van der Waals surface area contributed by atoms with E-state index in [1.807, 2.05) is 6.07 Å². The van der Waals surface area contributed by atoms with E-state index in [0.29, 0.717) is 0 Å². The summed E-state index contributed by atoms with van der Waals surface area (Å²) < 4.78 is 0. The number of para-hydroxylation sites is 2. The van der Waals surface area contributed by atoms with Crippen molar-refractivity contribution in [2.45, 2.75) is 6.04 Å². The highest BCUT2D eigenvalue weighted by Gasteiger charge is 2.33. The normalized spacial score (nSPS) is 15.2. The van der Waals surface area contributed by atoms with Gasteiger partial charge in [-0.15, -0.1) is 0 Å². The molecule has 1 aliphatic heterocycles. The zero-order valence-electron chi connectivity index (χ0n) is 17.8. The summed E-state index contributed by atoms with van der Waals surface area (Å²) >= 11 is 0. The van der Waals surface area contributed by atoms with Gasteiger partial charge in [0.2, 0.25) is 0 Å². The molecule has 3 heteroatoms. The summed E-state index contributed by atoms with van der Waals surface area (Å²) in [4.78, 5) is 9.62. The van der Waals surface area contributed by atoms with Gasteiger partial charge < -0.3 is 9.80 Å². The van der Waals surface area contributed by atoms with Gasteiger partial charge in [-0.2, -0.15) is 0 Å². The van der Waals surface area contributed by atoms with E-state index in [0.717, 1.165) is 22.8 Å². The summed E-state index contributed by atoms with van der Waals surface area (Å²) in [5, 5.41) is 0. The Morgan fingerprint density at radius 2 is 1.29 bits per heavy atom. The second-order valence-corrected chi connectivity index (χ2v) is 7.95. The van der Waals surface area contributed by atoms with E-state index in [2.05, 4.69) is 127 Å². The van der Waals surface area contributed by atoms with Gasteiger partial charge in [-0.1, -0.05) is 78.9 Å². The van der Waals surface area contributed by atoms with Crippen LogP contribution in [-0.2, 0) is 0 Å². The van der Waals surface area contributed by atoms with Crippen molar-refractivity contribution < 1.29 is 0 Å². The van der Waals surface area contributed by atoms with E-state index in [-0.39, 0.29) is 6.04 Å². The van der Waals surface area contributed by atoms with Gasteiger partial charge in [0.05, 0.1) is 11.7 Å². The SMILES string of the molecule is CN(C)c1ccc(C2c3ccccc3N=C(c3ccccc3)N2c2ccccc2)cc1. The zero-order chi connectivity index (χ0) is 21.2. The summed E-state index contributed by atoms with van der Waals surface area (Å²) in [7, 11) is 4.14. The molecule has 4 aromatic carbocycles. The van der Waals surface area contributed by atoms with Crippen molar-refractivity contribution in [2.24, 2.45) is 4.99 Å². The topological polar surface area (TPSA) is 18.8 Å². The molecule has 3 nitrogen and oxygen atoms in total. The monoisotopic (exact) mass is 403 g/mol. The highest BCUT2D eigenvalue weighted by Crippen LogP contribution is 2.42. The summed E-state index contributed by atoms with van der Waals surface area (Å²) in [6.45, 7) is 0. The highest BCUT2D eigenvalue weighted by molar-refractivity contribution is 6.13. The number of rotatable bonds is 4. The van der Waals surface area contributed by atoms with Gasteiger partial charge in [0.1, 0.15) is 5.84 Å². The summed E-state index contributed by atoms with van der Waals surface area (Å²) in [6.07, 6.45) is 0. The smallest absolute Gasteiger partial charge is 0.141 e. The van der Waals surface area contributed by atoms with Crippen LogP contribution in [0.2, 0.25) is 0 Å². The first-order valence-electron chi connectivity index (χ1n) is 10.6. The number of hydrogen-bond acceptors (Lipinski definition) is 3. The molecule has 0 aliphatic carbocycles. The molecule has 1 unspecified atom stereocenters. The maximum absolute atomic E-state index is 5.13. The van der Waals surface area contributed by atoms with Gasteiger partial charge in [0.25, 0.3) is 0 Å². The molecule has 0 N–H and O–H groups in total. The number of aliphatic imine (C=N–C) groups is 1. The maximum Gasteiger partial charge on any atom is 0.141 e. The fourth-order valence-corrected chi connectivity index (χ4v) is 4.18. The molecule has 1 atom stereocenters. The van der Waals surface area contributed by atoms with Crippen LogP contribution in [-0.4, -0.2) is 19.9 Å². The number of nitrogens with zero attached hydrogens (tertiary/aromatic N) is 3. The molecule has 0 radical (unpaired) electrons. The first-order chi connectivity index (χ1) is 15.2. The highest BCUT2D eigenvalue weighted by atomic mass is 15.2. The average Bonchev–Trinajstić information content (AvgIpc) is 2.84. The van der Waals surface area contributed by atoms with Gasteiger partial charge in [0.15, 0.2) is 0 Å². The van der Waals surface area contributed by atoms with Gasteiger partial charge in [-0.3, -0.25) is 0 Å². The molecule has 152 valence electrons. The fourth-order valence-electron chi connectivity index (χ4n) is 4.18. The van der Waals surface area contributed by atoms with Crippen LogP contribution < -0.4 is 9.80 Å². The molecule has 0 saturated heterocycles. The number of hydrogen-bond donors (Lipinski definition) is 0. The minimum Gasteiger partial charge on any atom is -0.378 e. The lowest BCUT2D eigenvalue weighted by atomic mass is 9.92. The van der Waals surface area contributed by atoms with E-state index in [4.69, 9.17) is 4.99 Å². The van der Waals surface area contributed by atoms with Crippen molar-refractivity contribution >= 4 is 22.9 Å². The fraction of sp³-hybridized carbons (Fsp3) is 0.107. The molecule has 4 aromatic rings. The van der Waals surface area contributed by atoms with Crippen molar-refractivity contribution in [3.8, 4) is 0 Å². The third kappa shape index (κ3) is 3.59. The predicted molar refractivity (Wildman–Crippen MR) is 131 cm³/mol. The van der Waals surface area contributed by atoms with E-state index in [9.17, 15) is 0 Å². The Hall–Kier alpha value is -3.85. The van der Waals surface area contributed by atoms with Gasteiger partial charge in [0, 0.05) is 36.6 Å². The lowest BCUT2D eigenvalue weighted by Crippen LogP contribution is -2.38. The van der Waals surface area contributed by atoms with Gasteiger partial charge >= 0.3 is 0 Å². The summed E-state index contributed by atoms with van der Waals surface area (Å²) in [5.74, 6) is 0.965. The minimum atomic E-state index is 0.0301. The molecule has 31 heavy (non-hydrogen) atoms. The average molecular weight is 404 g/mol. The van der Waals surface area contributed by atoms with Crippen molar-refractivity contribution in [1.82, 2.24) is 0 Å². The maximum atomic E-state index is 5.13. The molecular formula is C28H25N3. The van der Waals surface area contributed by atoms with Crippen molar-refractivity contribution in [3.63, 3.8) is 0 Å². The Kier molecular flexibility index (Phi) is 5.01. The lowest BCUT2D eigenvalue weighted by molar-refractivity contribution is 0.824. The van der Waals surface area contributed by atoms with Crippen molar-refractivity contribution in [2.75, 3.05) is 23.9 Å². The molecule has 0 amide bonds. The predicted octanol–water partition coefficient (Wildman–Crippen LogP) is 6.44. The molecule has 0 aromatic heterocycles. The minimum absolute atomic E-state index is 0.0301. The molecule has 1 heterocycles. The number of anilines is 2. The van der Waals surface area contributed by atoms with Crippen LogP contribution in [0.5, 0.6) is 0 Å². The van der Waals surface area contributed by atoms with E-state index >= 15 is 0 Å². The first kappa shape index (κ1) is 19.1. The third-order valence-electron chi connectivity index (χ3n) is 5.74. The molecule has 0 fully saturated rings. The second kappa shape index (κ2) is 8.11. The largest absolute Gasteiger partial charge is 0.378 e. The molecule has 0 spiro atoms. The van der Waals surface area contributed by atoms with Gasteiger partial charge in [-0.25, -0.2) is 4.99 Å². The van der Waals surface area contributed by atoms with Crippen molar-refractivity contribution in [3.05, 3.63) is 126 Å². The number of amidine groups is 1. The number of fused-ring (bicyclic) bond motifs is 1. The molecule has 0 saturated carbocycles. The van der Waals surface area contributed by atoms with Crippen LogP contribution in [0.25, 0.3) is 0 Å². The van der Waals surface area contributed by atoms with Crippen LogP contribution in [0, 0.1) is 0 Å². The van der Waals surface area contributed by atoms with Crippen LogP contribution >= 0.6 is 0 Å². The molecular weight excluding hydrogens is 378 g/mol. The second-order valence-electron chi connectivity index (χ2n) is 7.95. The number of benzene rings is 4. The zero-order valence-corrected chi connectivity index (χ0v) is 17.8. The Labute approximate surface area is 183 Å². The first-order valence-corrected chi connectivity index (χ1v) is 10.6. The quantitative estimate of drug-likeness (QED) is 0.390. The van der Waals surface area contributed by atoms with E-state index in [1.165, 1.54) is 16.8 Å². The molecule has 1 aliphatic rings. The van der Waals surface area contributed by atoms with E-state index in [1.54, 1.807) is 0 Å². The molecule has 0 bridgehead atoms. The van der Waals surface area contributed by atoms with Crippen LogP contribution in [0.3, 0.4) is 0 Å². The van der Waals surface area contributed by atoms with Gasteiger partial charge in [-0.05, 0) is 35.9 Å². The Morgan fingerprint density at radius 1 is 0.677 bits per heavy atom. The Bertz CT molecular complexity index is 1200. The Balaban J connectivity index is 1.74. The van der Waals surface area contributed by atoms with Crippen LogP contribution in [0.4, 0.5) is 17.1 Å². The Morgan fingerprint density at radius 3 is 1.97 bits per heavy atom. The van der Waals surface area contributed by atoms with Crippen LogP contribution in [0.15, 0.2) is 114 Å². The molecule has 5 rings (SSSR count). The lowest BCUT2D eigenvalue weighted by Gasteiger charge is -2.39. The third-order valence-corrected chi connectivity index (χ3v) is 5.74. The summed E-state index contributed by atoms with van der Waals surface area (Å²) in [6, 6.07) is 38.4. The standard InChI is InChI=1S/C28H25N3/c1-30(2)23-19-17-21(18-20-23)27-25-15-9-10-16-26(25)29-28(22-11-5-3-6-12-22)31(27)24-13-7-4-8-14-24/h3-20,27H,1-2H3. The van der Waals surface area contributed by atoms with Crippen molar-refractivity contribution in [1.29, 1.82) is 0 Å². The summed E-state index contributed by atoms with van der Waals surface area (Å²) in [5.41, 5.74) is 6.90.